The number of hydrogen-bond acceptors (Lipinski definition) is 4. The second-order valence-electron chi connectivity index (χ2n) is 6.18. The van der Waals surface area contributed by atoms with Gasteiger partial charge in [0.15, 0.2) is 0 Å². The van der Waals surface area contributed by atoms with Gasteiger partial charge in [0.05, 0.1) is 23.2 Å². The molecule has 0 saturated heterocycles. The number of carbonyl (C=O) groups excluding carboxylic acids is 1. The molecule has 0 spiro atoms. The Labute approximate surface area is 174 Å². The number of aromatic nitrogens is 2. The van der Waals surface area contributed by atoms with Gasteiger partial charge in [0.2, 0.25) is 15.9 Å². The molecule has 0 atom stereocenters. The van der Waals surface area contributed by atoms with Gasteiger partial charge >= 0.3 is 6.55 Å². The molecule has 0 aliphatic rings. The van der Waals surface area contributed by atoms with Crippen molar-refractivity contribution in [3.8, 4) is 11.1 Å². The van der Waals surface area contributed by atoms with E-state index in [9.17, 15) is 26.4 Å². The third-order valence-corrected chi connectivity index (χ3v) is 5.39. The van der Waals surface area contributed by atoms with Crippen LogP contribution in [0.3, 0.4) is 0 Å². The summed E-state index contributed by atoms with van der Waals surface area (Å²) in [5.41, 5.74) is -0.320. The number of hydrogen-bond donors (Lipinski definition) is 2. The van der Waals surface area contributed by atoms with Gasteiger partial charge < -0.3 is 5.32 Å². The number of alkyl halides is 2. The lowest BCUT2D eigenvalue weighted by Gasteiger charge is -2.12. The molecule has 2 aromatic carbocycles. The number of nitrogens with two attached hydrogens (primary N) is 1. The fraction of sp³-hybridized carbons (Fsp3) is 0.111. The summed E-state index contributed by atoms with van der Waals surface area (Å²) in [7, 11) is -4.40. The minimum atomic E-state index is -4.40. The highest BCUT2D eigenvalue weighted by atomic mass is 35.5. The fourth-order valence-corrected chi connectivity index (χ4v) is 3.67. The molecule has 0 bridgehead atoms. The number of nitrogens with zero attached hydrogens (tertiary/aromatic N) is 2. The number of rotatable bonds is 6. The Balaban J connectivity index is 1.97. The Kier molecular flexibility index (Phi) is 6.15. The Morgan fingerprint density at radius 2 is 1.97 bits per heavy atom. The van der Waals surface area contributed by atoms with Crippen molar-refractivity contribution < 1.29 is 26.4 Å². The van der Waals surface area contributed by atoms with Crippen molar-refractivity contribution in [2.24, 2.45) is 5.14 Å². The topological polar surface area (TPSA) is 107 Å². The van der Waals surface area contributed by atoms with Crippen LogP contribution in [0.5, 0.6) is 0 Å². The van der Waals surface area contributed by atoms with Crippen LogP contribution in [-0.4, -0.2) is 24.1 Å². The normalized spacial score (nSPS) is 11.7. The van der Waals surface area contributed by atoms with E-state index in [1.807, 2.05) is 0 Å². The zero-order valence-corrected chi connectivity index (χ0v) is 16.6. The summed E-state index contributed by atoms with van der Waals surface area (Å²) in [6.45, 7) is -2.97. The van der Waals surface area contributed by atoms with Crippen LogP contribution in [0.25, 0.3) is 11.1 Å². The van der Waals surface area contributed by atoms with Gasteiger partial charge in [-0.1, -0.05) is 29.8 Å². The van der Waals surface area contributed by atoms with Gasteiger partial charge in [-0.3, -0.25) is 4.79 Å². The first-order valence-electron chi connectivity index (χ1n) is 8.28. The molecule has 3 aromatic rings. The highest BCUT2D eigenvalue weighted by Gasteiger charge is 2.22. The van der Waals surface area contributed by atoms with Gasteiger partial charge in [-0.2, -0.15) is 13.9 Å². The van der Waals surface area contributed by atoms with Gasteiger partial charge in [-0.05, 0) is 23.8 Å². The largest absolute Gasteiger partial charge is 0.333 e. The average molecular weight is 459 g/mol. The number of sulfonamides is 1. The van der Waals surface area contributed by atoms with Crippen molar-refractivity contribution in [1.29, 1.82) is 0 Å². The number of halogens is 4. The summed E-state index contributed by atoms with van der Waals surface area (Å²) >= 11 is 5.99. The van der Waals surface area contributed by atoms with Crippen LogP contribution < -0.4 is 10.5 Å². The van der Waals surface area contributed by atoms with Gasteiger partial charge in [0, 0.05) is 22.3 Å². The molecule has 1 amide bonds. The van der Waals surface area contributed by atoms with E-state index < -0.39 is 38.9 Å². The maximum Gasteiger partial charge on any atom is 0.333 e. The third-order valence-electron chi connectivity index (χ3n) is 4.07. The molecule has 7 nitrogen and oxygen atoms in total. The van der Waals surface area contributed by atoms with Gasteiger partial charge in [0.1, 0.15) is 5.82 Å². The van der Waals surface area contributed by atoms with Crippen LogP contribution in [-0.2, 0) is 21.2 Å². The van der Waals surface area contributed by atoms with Gasteiger partial charge in [0.25, 0.3) is 0 Å². The Morgan fingerprint density at radius 3 is 2.57 bits per heavy atom. The molecule has 0 radical (unpaired) electrons. The predicted molar refractivity (Wildman–Crippen MR) is 104 cm³/mol. The Morgan fingerprint density at radius 1 is 1.27 bits per heavy atom. The lowest BCUT2D eigenvalue weighted by molar-refractivity contribution is -0.115. The molecule has 158 valence electrons. The summed E-state index contributed by atoms with van der Waals surface area (Å²) in [5.74, 6) is -1.64. The number of benzene rings is 2. The van der Waals surface area contributed by atoms with E-state index in [4.69, 9.17) is 16.7 Å². The van der Waals surface area contributed by atoms with E-state index in [1.54, 1.807) is 24.3 Å². The van der Waals surface area contributed by atoms with Crippen LogP contribution in [0.2, 0.25) is 5.02 Å². The lowest BCUT2D eigenvalue weighted by atomic mass is 10.1. The first kappa shape index (κ1) is 21.8. The smallest absolute Gasteiger partial charge is 0.323 e. The molecular weight excluding hydrogens is 445 g/mol. The highest BCUT2D eigenvalue weighted by molar-refractivity contribution is 7.89. The predicted octanol–water partition coefficient (Wildman–Crippen LogP) is 3.57. The van der Waals surface area contributed by atoms with Crippen molar-refractivity contribution >= 4 is 33.2 Å². The monoisotopic (exact) mass is 458 g/mol. The molecule has 0 fully saturated rings. The van der Waals surface area contributed by atoms with E-state index in [2.05, 4.69) is 10.4 Å². The molecule has 1 heterocycles. The summed E-state index contributed by atoms with van der Waals surface area (Å²) in [6.07, 6.45) is 1.61. The quantitative estimate of drug-likeness (QED) is 0.588. The van der Waals surface area contributed by atoms with Crippen molar-refractivity contribution in [1.82, 2.24) is 9.78 Å². The van der Waals surface area contributed by atoms with Crippen molar-refractivity contribution in [3.05, 3.63) is 65.2 Å². The highest BCUT2D eigenvalue weighted by Crippen LogP contribution is 2.32. The molecule has 12 heteroatoms. The number of primary sulfonamides is 1. The third kappa shape index (κ3) is 4.81. The van der Waals surface area contributed by atoms with E-state index >= 15 is 0 Å². The number of amides is 1. The van der Waals surface area contributed by atoms with Crippen molar-refractivity contribution in [3.63, 3.8) is 0 Å². The van der Waals surface area contributed by atoms with Crippen molar-refractivity contribution in [2.45, 2.75) is 17.9 Å². The van der Waals surface area contributed by atoms with E-state index in [0.29, 0.717) is 10.6 Å². The molecule has 3 N–H and O–H groups in total. The molecular formula is C18H14ClF3N4O3S. The number of carbonyl (C=O) groups is 1. The molecule has 0 unspecified atom stereocenters. The van der Waals surface area contributed by atoms with Crippen LogP contribution in [0.4, 0.5) is 18.9 Å². The second-order valence-corrected chi connectivity index (χ2v) is 8.11. The maximum absolute atomic E-state index is 14.6. The average Bonchev–Trinajstić information content (AvgIpc) is 3.14. The number of nitrogens with one attached hydrogen (secondary N) is 1. The van der Waals surface area contributed by atoms with Crippen molar-refractivity contribution in [2.75, 3.05) is 5.32 Å². The molecule has 1 aromatic heterocycles. The summed E-state index contributed by atoms with van der Waals surface area (Å²) < 4.78 is 64.4. The molecule has 0 aliphatic heterocycles. The Bertz CT molecular complexity index is 1220. The van der Waals surface area contributed by atoms with Gasteiger partial charge in [-0.15, -0.1) is 0 Å². The van der Waals surface area contributed by atoms with Crippen LogP contribution in [0.15, 0.2) is 53.7 Å². The first-order valence-corrected chi connectivity index (χ1v) is 10.2. The molecule has 0 aliphatic carbocycles. The number of anilines is 1. The minimum Gasteiger partial charge on any atom is -0.323 e. The van der Waals surface area contributed by atoms with E-state index in [-0.39, 0.29) is 22.2 Å². The zero-order chi connectivity index (χ0) is 22.1. The maximum atomic E-state index is 14.6. The lowest BCUT2D eigenvalue weighted by Crippen LogP contribution is -2.18. The molecule has 0 saturated carbocycles. The minimum absolute atomic E-state index is 0.0906. The summed E-state index contributed by atoms with van der Waals surface area (Å²) in [6, 6.07) is 8.14. The molecule has 30 heavy (non-hydrogen) atoms. The first-order chi connectivity index (χ1) is 14.1. The van der Waals surface area contributed by atoms with E-state index in [0.717, 1.165) is 24.5 Å². The van der Waals surface area contributed by atoms with Crippen LogP contribution >= 0.6 is 11.6 Å². The van der Waals surface area contributed by atoms with Gasteiger partial charge in [-0.25, -0.2) is 22.6 Å². The zero-order valence-electron chi connectivity index (χ0n) is 15.0. The SMILES string of the molecule is NS(=O)(=O)c1cc(NC(=O)Cc2ccccc2Cl)c(F)cc1-c1cnn(C(F)F)c1. The standard InChI is InChI=1S/C18H14ClF3N4O3S/c19-13-4-2-1-3-10(13)5-17(27)25-15-7-16(30(23,28)29)12(6-14(15)20)11-8-24-26(9-11)18(21)22/h1-4,6-9,18H,5H2,(H,25,27)(H2,23,28,29). The summed E-state index contributed by atoms with van der Waals surface area (Å²) in [5, 5.41) is 11.2. The second kappa shape index (κ2) is 8.46. The van der Waals surface area contributed by atoms with E-state index in [1.165, 1.54) is 0 Å². The van der Waals surface area contributed by atoms with Crippen LogP contribution in [0, 0.1) is 5.82 Å². The fourth-order valence-electron chi connectivity index (χ4n) is 2.70. The van der Waals surface area contributed by atoms with Crippen LogP contribution in [0.1, 0.15) is 12.1 Å². The molecule has 3 rings (SSSR count). The Hall–Kier alpha value is -2.89. The summed E-state index contributed by atoms with van der Waals surface area (Å²) in [4.78, 5) is 11.7.